The summed E-state index contributed by atoms with van der Waals surface area (Å²) < 4.78 is 19.5. The highest BCUT2D eigenvalue weighted by molar-refractivity contribution is 7.71. The summed E-state index contributed by atoms with van der Waals surface area (Å²) in [6, 6.07) is 1.16. The largest absolute Gasteiger partial charge is 0.390 e. The molecule has 0 aromatic carbocycles. The molecule has 0 spiro atoms. The monoisotopic (exact) mass is 262 g/mol. The molecule has 1 fully saturated rings. The Morgan fingerprint density at radius 3 is 2.94 bits per heavy atom. The van der Waals surface area contributed by atoms with E-state index in [1.807, 2.05) is 0 Å². The number of nitrogens with one attached hydrogen (secondary N) is 1. The second-order valence-corrected chi connectivity index (χ2v) is 4.36. The van der Waals surface area contributed by atoms with E-state index in [1.54, 1.807) is 0 Å². The third-order valence-corrected chi connectivity index (χ3v) is 2.92. The second kappa shape index (κ2) is 3.98. The van der Waals surface area contributed by atoms with Gasteiger partial charge in [-0.3, -0.25) is 14.3 Å². The summed E-state index contributed by atoms with van der Waals surface area (Å²) >= 11 is 4.87. The molecule has 2 atom stereocenters. The summed E-state index contributed by atoms with van der Waals surface area (Å²) in [5, 5.41) is 19.0. The first-order valence-electron chi connectivity index (χ1n) is 4.87. The maximum atomic E-state index is 13.7. The molecule has 0 amide bonds. The molecule has 3 N–H and O–H groups in total. The average Bonchev–Trinajstić information content (AvgIpc) is 2.57. The number of halogens is 1. The Kier molecular flexibility index (Phi) is 2.90. The number of ether oxygens (including phenoxy) is 1. The molecule has 0 radical (unpaired) electrons. The molecule has 0 aliphatic carbocycles. The van der Waals surface area contributed by atoms with Gasteiger partial charge >= 0.3 is 0 Å². The SMILES string of the molecule is O=c1ccn([C@@]2(O)CO[C@](F)(CO)C2)c(=S)[nH]1. The van der Waals surface area contributed by atoms with Crippen molar-refractivity contribution in [1.82, 2.24) is 9.55 Å². The quantitative estimate of drug-likeness (QED) is 0.633. The molecular formula is C9H11FN2O4S. The normalized spacial score (nSPS) is 32.9. The fraction of sp³-hybridized carbons (Fsp3) is 0.556. The molecule has 8 heteroatoms. The number of alkyl halides is 1. The molecular weight excluding hydrogens is 251 g/mol. The van der Waals surface area contributed by atoms with Crippen LogP contribution in [0, 0.1) is 4.77 Å². The van der Waals surface area contributed by atoms with Crippen molar-refractivity contribution in [2.24, 2.45) is 0 Å². The van der Waals surface area contributed by atoms with Crippen LogP contribution in [0.1, 0.15) is 6.42 Å². The Labute approximate surface area is 100 Å². The van der Waals surface area contributed by atoms with Gasteiger partial charge in [0.1, 0.15) is 6.61 Å². The minimum absolute atomic E-state index is 0.0363. The molecule has 1 saturated heterocycles. The van der Waals surface area contributed by atoms with Crippen molar-refractivity contribution in [3.8, 4) is 0 Å². The highest BCUT2D eigenvalue weighted by Gasteiger charge is 2.50. The Morgan fingerprint density at radius 1 is 1.71 bits per heavy atom. The third-order valence-electron chi connectivity index (χ3n) is 2.62. The van der Waals surface area contributed by atoms with Gasteiger partial charge < -0.3 is 14.9 Å². The number of aromatic nitrogens is 2. The number of rotatable bonds is 2. The van der Waals surface area contributed by atoms with E-state index < -0.39 is 30.2 Å². The van der Waals surface area contributed by atoms with E-state index in [4.69, 9.17) is 22.1 Å². The van der Waals surface area contributed by atoms with Gasteiger partial charge in [0.15, 0.2) is 10.5 Å². The van der Waals surface area contributed by atoms with Crippen LogP contribution in [0.4, 0.5) is 4.39 Å². The second-order valence-electron chi connectivity index (χ2n) is 3.97. The van der Waals surface area contributed by atoms with Crippen LogP contribution in [0.2, 0.25) is 0 Å². The Bertz CT molecular complexity index is 544. The maximum absolute atomic E-state index is 13.7. The van der Waals surface area contributed by atoms with Crippen LogP contribution in [0.3, 0.4) is 0 Å². The van der Waals surface area contributed by atoms with Crippen molar-refractivity contribution in [3.05, 3.63) is 27.4 Å². The van der Waals surface area contributed by atoms with Gasteiger partial charge in [0.05, 0.1) is 13.0 Å². The number of hydrogen-bond acceptors (Lipinski definition) is 5. The summed E-state index contributed by atoms with van der Waals surface area (Å²) in [6.07, 6.45) is 0.796. The lowest BCUT2D eigenvalue weighted by atomic mass is 10.1. The average molecular weight is 262 g/mol. The van der Waals surface area contributed by atoms with Gasteiger partial charge in [-0.2, -0.15) is 0 Å². The lowest BCUT2D eigenvalue weighted by Gasteiger charge is -2.24. The molecule has 2 heterocycles. The molecule has 1 aromatic rings. The first-order valence-corrected chi connectivity index (χ1v) is 5.28. The van der Waals surface area contributed by atoms with Crippen LogP contribution in [0.15, 0.2) is 17.1 Å². The molecule has 0 bridgehead atoms. The number of nitrogens with zero attached hydrogens (tertiary/aromatic N) is 1. The summed E-state index contributed by atoms with van der Waals surface area (Å²) in [5.41, 5.74) is -2.12. The number of aliphatic hydroxyl groups excluding tert-OH is 1. The number of aromatic amines is 1. The number of aliphatic hydroxyl groups is 2. The van der Waals surface area contributed by atoms with Crippen LogP contribution < -0.4 is 5.56 Å². The van der Waals surface area contributed by atoms with Gasteiger partial charge in [0.2, 0.25) is 5.85 Å². The molecule has 6 nitrogen and oxygen atoms in total. The summed E-state index contributed by atoms with van der Waals surface area (Å²) in [5.74, 6) is -2.29. The summed E-state index contributed by atoms with van der Waals surface area (Å²) in [4.78, 5) is 13.3. The van der Waals surface area contributed by atoms with Gasteiger partial charge in [-0.1, -0.05) is 0 Å². The molecule has 0 saturated carbocycles. The standard InChI is InChI=1S/C9H11FN2O4S/c10-8(4-13)3-9(15,5-16-8)12-2-1-6(14)11-7(12)17/h1-2,13,15H,3-5H2,(H,11,14,17)/t8-,9-/m0/s1. The fourth-order valence-electron chi connectivity index (χ4n) is 1.77. The van der Waals surface area contributed by atoms with E-state index in [1.165, 1.54) is 6.20 Å². The minimum Gasteiger partial charge on any atom is -0.390 e. The molecule has 1 aliphatic rings. The molecule has 1 aromatic heterocycles. The first kappa shape index (κ1) is 12.4. The number of H-pyrrole nitrogens is 1. The zero-order valence-electron chi connectivity index (χ0n) is 8.72. The van der Waals surface area contributed by atoms with Crippen LogP contribution in [0.25, 0.3) is 0 Å². The maximum Gasteiger partial charge on any atom is 0.251 e. The molecule has 0 unspecified atom stereocenters. The van der Waals surface area contributed by atoms with E-state index in [0.29, 0.717) is 0 Å². The van der Waals surface area contributed by atoms with Gasteiger partial charge in [0, 0.05) is 12.3 Å². The van der Waals surface area contributed by atoms with Crippen molar-refractivity contribution >= 4 is 12.2 Å². The van der Waals surface area contributed by atoms with Crippen LogP contribution >= 0.6 is 12.2 Å². The Morgan fingerprint density at radius 2 is 2.41 bits per heavy atom. The topological polar surface area (TPSA) is 87.5 Å². The van der Waals surface area contributed by atoms with Crippen LogP contribution in [-0.2, 0) is 10.5 Å². The molecule has 94 valence electrons. The van der Waals surface area contributed by atoms with Gasteiger partial charge in [0.25, 0.3) is 5.56 Å². The fourth-order valence-corrected chi connectivity index (χ4v) is 2.10. The smallest absolute Gasteiger partial charge is 0.251 e. The lowest BCUT2D eigenvalue weighted by molar-refractivity contribution is -0.135. The van der Waals surface area contributed by atoms with Crippen molar-refractivity contribution in [2.45, 2.75) is 18.0 Å². The minimum atomic E-state index is -2.29. The van der Waals surface area contributed by atoms with E-state index in [2.05, 4.69) is 4.98 Å². The predicted octanol–water partition coefficient (Wildman–Crippen LogP) is -0.371. The van der Waals surface area contributed by atoms with Crippen molar-refractivity contribution in [3.63, 3.8) is 0 Å². The highest BCUT2D eigenvalue weighted by Crippen LogP contribution is 2.37. The van der Waals surface area contributed by atoms with Crippen molar-refractivity contribution in [1.29, 1.82) is 0 Å². The number of hydrogen-bond donors (Lipinski definition) is 3. The van der Waals surface area contributed by atoms with Crippen LogP contribution in [-0.4, -0.2) is 38.8 Å². The third kappa shape index (κ3) is 2.16. The van der Waals surface area contributed by atoms with Crippen LogP contribution in [0.5, 0.6) is 0 Å². The van der Waals surface area contributed by atoms with Crippen molar-refractivity contribution in [2.75, 3.05) is 13.2 Å². The van der Waals surface area contributed by atoms with E-state index in [9.17, 15) is 14.3 Å². The Balaban J connectivity index is 2.41. The molecule has 1 aliphatic heterocycles. The highest BCUT2D eigenvalue weighted by atomic mass is 32.1. The van der Waals surface area contributed by atoms with Gasteiger partial charge in [-0.05, 0) is 12.2 Å². The van der Waals surface area contributed by atoms with E-state index >= 15 is 0 Å². The zero-order chi connectivity index (χ0) is 12.7. The lowest BCUT2D eigenvalue weighted by Crippen LogP contribution is -2.37. The van der Waals surface area contributed by atoms with Crippen molar-refractivity contribution < 1.29 is 19.3 Å². The van der Waals surface area contributed by atoms with Gasteiger partial charge in [-0.25, -0.2) is 4.39 Å². The summed E-state index contributed by atoms with van der Waals surface area (Å²) in [6.45, 7) is -1.21. The predicted molar refractivity (Wildman–Crippen MR) is 57.6 cm³/mol. The zero-order valence-corrected chi connectivity index (χ0v) is 9.54. The molecule has 17 heavy (non-hydrogen) atoms. The van der Waals surface area contributed by atoms with Gasteiger partial charge in [-0.15, -0.1) is 0 Å². The molecule has 2 rings (SSSR count). The van der Waals surface area contributed by atoms with E-state index in [0.717, 1.165) is 10.6 Å². The Hall–Kier alpha value is -1.09. The summed E-state index contributed by atoms with van der Waals surface area (Å²) in [7, 11) is 0. The first-order chi connectivity index (χ1) is 7.88. The van der Waals surface area contributed by atoms with E-state index in [-0.39, 0.29) is 11.4 Å².